The number of ether oxygens (including phenoxy) is 2. The van der Waals surface area contributed by atoms with Crippen LogP contribution >= 0.6 is 0 Å². The van der Waals surface area contributed by atoms with E-state index in [1.54, 1.807) is 0 Å². The highest BCUT2D eigenvalue weighted by Gasteiger charge is 2.21. The van der Waals surface area contributed by atoms with Crippen molar-refractivity contribution in [2.24, 2.45) is 0 Å². The maximum Gasteiger partial charge on any atom is 0.213 e. The van der Waals surface area contributed by atoms with Crippen LogP contribution in [0.5, 0.6) is 11.6 Å². The van der Waals surface area contributed by atoms with Crippen molar-refractivity contribution in [1.29, 1.82) is 0 Å². The number of unbranched alkanes of at least 4 members (excludes halogenated alkanes) is 5. The zero-order valence-corrected chi connectivity index (χ0v) is 15.2. The molecular weight excluding hydrogens is 343 g/mol. The van der Waals surface area contributed by atoms with Gasteiger partial charge in [-0.1, -0.05) is 39.0 Å². The smallest absolute Gasteiger partial charge is 0.213 e. The Morgan fingerprint density at radius 1 is 0.962 bits per heavy atom. The summed E-state index contributed by atoms with van der Waals surface area (Å²) in [6.45, 7) is 2.72. The first kappa shape index (κ1) is 20.1. The number of aromatic nitrogens is 1. The fourth-order valence-corrected chi connectivity index (χ4v) is 2.66. The van der Waals surface area contributed by atoms with Gasteiger partial charge < -0.3 is 9.47 Å². The van der Waals surface area contributed by atoms with Gasteiger partial charge >= 0.3 is 0 Å². The molecule has 0 atom stereocenters. The third kappa shape index (κ3) is 5.13. The zero-order valence-electron chi connectivity index (χ0n) is 15.2. The third-order valence-corrected chi connectivity index (χ3v) is 4.12. The molecular formula is C20H24F3NO2. The van der Waals surface area contributed by atoms with Gasteiger partial charge in [0, 0.05) is 23.9 Å². The molecule has 0 N–H and O–H groups in total. The zero-order chi connectivity index (χ0) is 18.9. The molecule has 0 aliphatic heterocycles. The lowest BCUT2D eigenvalue weighted by Gasteiger charge is -2.10. The molecule has 2 aromatic rings. The molecule has 26 heavy (non-hydrogen) atoms. The summed E-state index contributed by atoms with van der Waals surface area (Å²) >= 11 is 0. The number of halogens is 3. The van der Waals surface area contributed by atoms with Crippen LogP contribution in [0.1, 0.15) is 45.4 Å². The molecule has 2 rings (SSSR count). The molecule has 0 aliphatic carbocycles. The van der Waals surface area contributed by atoms with Crippen LogP contribution in [0.25, 0.3) is 11.1 Å². The van der Waals surface area contributed by atoms with Gasteiger partial charge in [-0.15, -0.1) is 0 Å². The van der Waals surface area contributed by atoms with E-state index in [1.807, 2.05) is 0 Å². The molecule has 3 nitrogen and oxygen atoms in total. The molecule has 0 amide bonds. The van der Waals surface area contributed by atoms with Crippen LogP contribution in [-0.4, -0.2) is 18.7 Å². The Balaban J connectivity index is 1.97. The Bertz CT molecular complexity index is 705. The molecule has 0 fully saturated rings. The Hall–Kier alpha value is -2.24. The number of hydrogen-bond donors (Lipinski definition) is 0. The molecule has 0 saturated carbocycles. The first-order chi connectivity index (χ1) is 12.6. The largest absolute Gasteiger partial charge is 0.493 e. The molecule has 1 aromatic carbocycles. The van der Waals surface area contributed by atoms with E-state index >= 15 is 0 Å². The van der Waals surface area contributed by atoms with Crippen LogP contribution < -0.4 is 9.47 Å². The number of methoxy groups -OCH3 is 1. The van der Waals surface area contributed by atoms with Gasteiger partial charge in [-0.3, -0.25) is 0 Å². The van der Waals surface area contributed by atoms with E-state index in [4.69, 9.17) is 4.74 Å². The maximum absolute atomic E-state index is 14.1. The van der Waals surface area contributed by atoms with Gasteiger partial charge in [-0.2, -0.15) is 4.39 Å². The van der Waals surface area contributed by atoms with Crippen LogP contribution in [0.2, 0.25) is 0 Å². The summed E-state index contributed by atoms with van der Waals surface area (Å²) in [5.74, 6) is -3.55. The van der Waals surface area contributed by atoms with Gasteiger partial charge in [0.15, 0.2) is 11.6 Å². The second-order valence-electron chi connectivity index (χ2n) is 6.06. The summed E-state index contributed by atoms with van der Waals surface area (Å²) in [4.78, 5) is 4.05. The molecule has 6 heteroatoms. The molecule has 0 unspecified atom stereocenters. The number of hydrogen-bond acceptors (Lipinski definition) is 3. The molecule has 0 bridgehead atoms. The summed E-state index contributed by atoms with van der Waals surface area (Å²) in [6.07, 6.45) is 8.18. The van der Waals surface area contributed by atoms with E-state index in [-0.39, 0.29) is 5.56 Å². The maximum atomic E-state index is 14.1. The lowest BCUT2D eigenvalue weighted by Crippen LogP contribution is -2.01. The van der Waals surface area contributed by atoms with E-state index in [1.165, 1.54) is 44.0 Å². The van der Waals surface area contributed by atoms with Crippen LogP contribution in [0.3, 0.4) is 0 Å². The van der Waals surface area contributed by atoms with Crippen molar-refractivity contribution < 1.29 is 22.6 Å². The first-order valence-electron chi connectivity index (χ1n) is 8.89. The average molecular weight is 367 g/mol. The lowest BCUT2D eigenvalue weighted by molar-refractivity contribution is 0.293. The van der Waals surface area contributed by atoms with Gasteiger partial charge in [0.1, 0.15) is 5.82 Å². The molecule has 1 heterocycles. The van der Waals surface area contributed by atoms with Crippen LogP contribution in [0.4, 0.5) is 13.2 Å². The standard InChI is InChI=1S/C20H24F3NO2/c1-3-4-5-6-7-8-11-26-17-10-9-14(13-24-17)18-15(21)12-16(25-2)19(22)20(18)23/h9-10,12-13H,3-8,11H2,1-2H3. The van der Waals surface area contributed by atoms with Crippen molar-refractivity contribution in [3.8, 4) is 22.8 Å². The van der Waals surface area contributed by atoms with Crippen molar-refractivity contribution in [2.45, 2.75) is 45.4 Å². The SMILES string of the molecule is CCCCCCCCOc1ccc(-c2c(F)cc(OC)c(F)c2F)cn1. The van der Waals surface area contributed by atoms with Crippen LogP contribution in [0, 0.1) is 17.5 Å². The Morgan fingerprint density at radius 2 is 1.69 bits per heavy atom. The molecule has 142 valence electrons. The monoisotopic (exact) mass is 367 g/mol. The summed E-state index contributed by atoms with van der Waals surface area (Å²) in [7, 11) is 1.15. The number of pyridine rings is 1. The van der Waals surface area contributed by atoms with Crippen molar-refractivity contribution >= 4 is 0 Å². The normalized spacial score (nSPS) is 10.8. The van der Waals surface area contributed by atoms with E-state index in [2.05, 4.69) is 16.6 Å². The molecule has 0 radical (unpaired) electrons. The highest BCUT2D eigenvalue weighted by molar-refractivity contribution is 5.65. The minimum atomic E-state index is -1.30. The van der Waals surface area contributed by atoms with Crippen molar-refractivity contribution in [1.82, 2.24) is 4.98 Å². The fourth-order valence-electron chi connectivity index (χ4n) is 2.66. The minimum Gasteiger partial charge on any atom is -0.493 e. The fraction of sp³-hybridized carbons (Fsp3) is 0.450. The quantitative estimate of drug-likeness (QED) is 0.386. The number of nitrogens with zero attached hydrogens (tertiary/aromatic N) is 1. The molecule has 0 saturated heterocycles. The highest BCUT2D eigenvalue weighted by atomic mass is 19.2. The average Bonchev–Trinajstić information content (AvgIpc) is 2.65. The van der Waals surface area contributed by atoms with Crippen molar-refractivity contribution in [2.75, 3.05) is 13.7 Å². The Kier molecular flexibility index (Phi) is 7.75. The summed E-state index contributed by atoms with van der Waals surface area (Å²) in [5.41, 5.74) is -0.341. The Labute approximate surface area is 152 Å². The third-order valence-electron chi connectivity index (χ3n) is 4.12. The van der Waals surface area contributed by atoms with Gasteiger partial charge in [-0.25, -0.2) is 13.8 Å². The van der Waals surface area contributed by atoms with Gasteiger partial charge in [0.25, 0.3) is 0 Å². The minimum absolute atomic E-state index is 0.133. The number of benzene rings is 1. The molecule has 0 spiro atoms. The van der Waals surface area contributed by atoms with E-state index in [0.29, 0.717) is 12.5 Å². The van der Waals surface area contributed by atoms with E-state index in [0.717, 1.165) is 26.0 Å². The summed E-state index contributed by atoms with van der Waals surface area (Å²) < 4.78 is 52.2. The second-order valence-corrected chi connectivity index (χ2v) is 6.06. The highest BCUT2D eigenvalue weighted by Crippen LogP contribution is 2.32. The summed E-state index contributed by atoms with van der Waals surface area (Å²) in [5, 5.41) is 0. The van der Waals surface area contributed by atoms with Gasteiger partial charge in [0.2, 0.25) is 11.7 Å². The van der Waals surface area contributed by atoms with Crippen molar-refractivity contribution in [3.05, 3.63) is 41.8 Å². The van der Waals surface area contributed by atoms with E-state index in [9.17, 15) is 13.2 Å². The van der Waals surface area contributed by atoms with E-state index < -0.39 is 28.8 Å². The predicted molar refractivity (Wildman–Crippen MR) is 95.0 cm³/mol. The van der Waals surface area contributed by atoms with Crippen LogP contribution in [-0.2, 0) is 0 Å². The lowest BCUT2D eigenvalue weighted by atomic mass is 10.1. The second kappa shape index (κ2) is 10.0. The number of rotatable bonds is 10. The van der Waals surface area contributed by atoms with Crippen LogP contribution in [0.15, 0.2) is 24.4 Å². The predicted octanol–water partition coefficient (Wildman–Crippen LogP) is 5.91. The topological polar surface area (TPSA) is 31.4 Å². The first-order valence-corrected chi connectivity index (χ1v) is 8.89. The van der Waals surface area contributed by atoms with Gasteiger partial charge in [-0.05, 0) is 12.5 Å². The Morgan fingerprint density at radius 3 is 2.35 bits per heavy atom. The molecule has 0 aliphatic rings. The van der Waals surface area contributed by atoms with Crippen molar-refractivity contribution in [3.63, 3.8) is 0 Å². The van der Waals surface area contributed by atoms with Gasteiger partial charge in [0.05, 0.1) is 19.3 Å². The molecule has 1 aromatic heterocycles. The summed E-state index contributed by atoms with van der Waals surface area (Å²) in [6, 6.07) is 3.79.